The number of primary amides is 1. The molecule has 1 heterocycles. The SMILES string of the molecule is NC(=O)C12CC3CC(C1)C(NC(=O)CN1CCCN(c4ccccc4Br)S1(=O)=O)C3C2. The van der Waals surface area contributed by atoms with Gasteiger partial charge in [-0.15, -0.1) is 0 Å². The van der Waals surface area contributed by atoms with E-state index >= 15 is 0 Å². The van der Waals surface area contributed by atoms with Gasteiger partial charge in [-0.25, -0.2) is 0 Å². The molecule has 5 fully saturated rings. The van der Waals surface area contributed by atoms with Crippen LogP contribution in [-0.2, 0) is 19.8 Å². The molecule has 31 heavy (non-hydrogen) atoms. The number of amides is 2. The summed E-state index contributed by atoms with van der Waals surface area (Å²) < 4.78 is 29.7. The summed E-state index contributed by atoms with van der Waals surface area (Å²) >= 11 is 3.43. The summed E-state index contributed by atoms with van der Waals surface area (Å²) in [4.78, 5) is 24.9. The van der Waals surface area contributed by atoms with Crippen LogP contribution in [0.3, 0.4) is 0 Å². The Morgan fingerprint density at radius 3 is 2.61 bits per heavy atom. The summed E-state index contributed by atoms with van der Waals surface area (Å²) in [5.74, 6) is 0.475. The van der Waals surface area contributed by atoms with Gasteiger partial charge in [0.2, 0.25) is 11.8 Å². The van der Waals surface area contributed by atoms with E-state index in [0.717, 1.165) is 25.7 Å². The number of benzene rings is 1. The van der Waals surface area contributed by atoms with Crippen molar-refractivity contribution >= 4 is 43.6 Å². The average molecular weight is 511 g/mol. The van der Waals surface area contributed by atoms with Crippen LogP contribution >= 0.6 is 15.9 Å². The first kappa shape index (κ1) is 21.2. The van der Waals surface area contributed by atoms with Crippen LogP contribution in [0.5, 0.6) is 0 Å². The first-order valence-corrected chi connectivity index (χ1v) is 13.0. The Hall–Kier alpha value is -1.65. The molecule has 1 aromatic rings. The quantitative estimate of drug-likeness (QED) is 0.626. The van der Waals surface area contributed by atoms with Crippen LogP contribution < -0.4 is 15.4 Å². The van der Waals surface area contributed by atoms with E-state index < -0.39 is 10.2 Å². The number of rotatable bonds is 5. The van der Waals surface area contributed by atoms with Crippen LogP contribution in [0.15, 0.2) is 28.7 Å². The average Bonchev–Trinajstić information content (AvgIpc) is 3.11. The molecule has 0 spiro atoms. The van der Waals surface area contributed by atoms with Gasteiger partial charge in [-0.3, -0.25) is 13.9 Å². The molecule has 1 aliphatic heterocycles. The zero-order valence-corrected chi connectivity index (χ0v) is 19.6. The first-order chi connectivity index (χ1) is 14.7. The molecule has 3 N–H and O–H groups in total. The van der Waals surface area contributed by atoms with E-state index in [4.69, 9.17) is 5.73 Å². The number of hydrogen-bond donors (Lipinski definition) is 2. The number of nitrogens with one attached hydrogen (secondary N) is 1. The molecular weight excluding hydrogens is 484 g/mol. The lowest BCUT2D eigenvalue weighted by molar-refractivity contribution is -0.131. The first-order valence-electron chi connectivity index (χ1n) is 10.8. The van der Waals surface area contributed by atoms with Crippen molar-refractivity contribution in [3.8, 4) is 0 Å². The zero-order chi connectivity index (χ0) is 22.0. The summed E-state index contributed by atoms with van der Waals surface area (Å²) in [6, 6.07) is 7.20. The van der Waals surface area contributed by atoms with E-state index in [0.29, 0.717) is 35.6 Å². The van der Waals surface area contributed by atoms with E-state index in [1.165, 1.54) is 8.61 Å². The highest BCUT2D eigenvalue weighted by atomic mass is 79.9. The van der Waals surface area contributed by atoms with E-state index in [1.807, 2.05) is 6.07 Å². The zero-order valence-electron chi connectivity index (χ0n) is 17.2. The van der Waals surface area contributed by atoms with Gasteiger partial charge in [-0.05, 0) is 77.9 Å². The maximum Gasteiger partial charge on any atom is 0.304 e. The second kappa shape index (κ2) is 7.45. The van der Waals surface area contributed by atoms with E-state index in [1.54, 1.807) is 18.2 Å². The second-order valence-corrected chi connectivity index (χ2v) is 12.2. The Balaban J connectivity index is 1.27. The van der Waals surface area contributed by atoms with Crippen molar-refractivity contribution in [1.29, 1.82) is 0 Å². The maximum atomic E-state index is 13.2. The van der Waals surface area contributed by atoms with Crippen LogP contribution in [0.25, 0.3) is 0 Å². The molecule has 1 aromatic carbocycles. The fraction of sp³-hybridized carbons (Fsp3) is 0.619. The van der Waals surface area contributed by atoms with E-state index in [9.17, 15) is 18.0 Å². The predicted molar refractivity (Wildman–Crippen MR) is 119 cm³/mol. The molecule has 8 nitrogen and oxygen atoms in total. The number of nitrogens with two attached hydrogens (primary N) is 1. The summed E-state index contributed by atoms with van der Waals surface area (Å²) in [5.41, 5.74) is 5.87. The van der Waals surface area contributed by atoms with Crippen LogP contribution in [0, 0.1) is 23.2 Å². The molecular formula is C21H27BrN4O4S. The van der Waals surface area contributed by atoms with Crippen LogP contribution in [0.4, 0.5) is 5.69 Å². The Labute approximate surface area is 190 Å². The molecule has 10 heteroatoms. The van der Waals surface area contributed by atoms with Gasteiger partial charge in [0, 0.05) is 29.0 Å². The van der Waals surface area contributed by atoms with Crippen LogP contribution in [0.2, 0.25) is 0 Å². The Bertz CT molecular complexity index is 1030. The molecule has 168 valence electrons. The highest BCUT2D eigenvalue weighted by Crippen LogP contribution is 2.64. The van der Waals surface area contributed by atoms with E-state index in [-0.39, 0.29) is 41.7 Å². The van der Waals surface area contributed by atoms with Crippen molar-refractivity contribution in [3.63, 3.8) is 0 Å². The largest absolute Gasteiger partial charge is 0.369 e. The number of anilines is 1. The van der Waals surface area contributed by atoms with Crippen molar-refractivity contribution in [2.45, 2.75) is 38.1 Å². The molecule has 0 aromatic heterocycles. The minimum Gasteiger partial charge on any atom is -0.369 e. The normalized spacial score (nSPS) is 36.0. The molecule has 4 bridgehead atoms. The number of carbonyl (C=O) groups excluding carboxylic acids is 2. The molecule has 4 aliphatic carbocycles. The summed E-state index contributed by atoms with van der Waals surface area (Å²) in [6.07, 6.45) is 3.97. The molecule has 5 unspecified atom stereocenters. The third kappa shape index (κ3) is 3.38. The standard InChI is InChI=1S/C21H27BrN4O4S/c22-16-4-1-2-5-17(16)26-7-3-6-25(31(26,29)30)12-18(27)24-19-14-8-13-9-21(10-14,20(23)28)11-15(13)19/h1-2,4-5,13-15,19H,3,6-12H2,(H2,23,28)(H,24,27). The number of carbonyl (C=O) groups is 2. The fourth-order valence-electron chi connectivity index (χ4n) is 6.54. The molecule has 0 radical (unpaired) electrons. The number of hydrogen-bond acceptors (Lipinski definition) is 4. The molecule has 6 rings (SSSR count). The van der Waals surface area contributed by atoms with Gasteiger partial charge in [0.05, 0.1) is 12.2 Å². The number of nitrogens with zero attached hydrogens (tertiary/aromatic N) is 2. The minimum atomic E-state index is -3.80. The lowest BCUT2D eigenvalue weighted by atomic mass is 9.67. The Kier molecular flexibility index (Phi) is 5.10. The van der Waals surface area contributed by atoms with Gasteiger partial charge >= 0.3 is 10.2 Å². The van der Waals surface area contributed by atoms with Gasteiger partial charge < -0.3 is 11.1 Å². The highest BCUT2D eigenvalue weighted by Gasteiger charge is 2.63. The van der Waals surface area contributed by atoms with Gasteiger partial charge in [0.1, 0.15) is 0 Å². The monoisotopic (exact) mass is 510 g/mol. The minimum absolute atomic E-state index is 0.0133. The van der Waals surface area contributed by atoms with Crippen molar-refractivity contribution in [2.75, 3.05) is 23.9 Å². The van der Waals surface area contributed by atoms with Gasteiger partial charge in [-0.2, -0.15) is 12.7 Å². The van der Waals surface area contributed by atoms with Gasteiger partial charge in [0.25, 0.3) is 0 Å². The van der Waals surface area contributed by atoms with Crippen LogP contribution in [-0.4, -0.2) is 50.2 Å². The lowest BCUT2D eigenvalue weighted by Crippen LogP contribution is -2.55. The predicted octanol–water partition coefficient (Wildman–Crippen LogP) is 1.61. The molecule has 2 amide bonds. The third-order valence-electron chi connectivity index (χ3n) is 7.78. The van der Waals surface area contributed by atoms with E-state index in [2.05, 4.69) is 21.2 Å². The highest BCUT2D eigenvalue weighted by molar-refractivity contribution is 9.10. The molecule has 1 saturated heterocycles. The van der Waals surface area contributed by atoms with Crippen LogP contribution in [0.1, 0.15) is 32.1 Å². The van der Waals surface area contributed by atoms with Gasteiger partial charge in [0.15, 0.2) is 0 Å². The Morgan fingerprint density at radius 1 is 1.16 bits per heavy atom. The molecule has 4 saturated carbocycles. The summed E-state index contributed by atoms with van der Waals surface area (Å²) in [7, 11) is -3.80. The molecule has 5 aliphatic rings. The maximum absolute atomic E-state index is 13.2. The number of para-hydroxylation sites is 1. The Morgan fingerprint density at radius 2 is 1.90 bits per heavy atom. The molecule has 5 atom stereocenters. The van der Waals surface area contributed by atoms with Crippen molar-refractivity contribution in [2.24, 2.45) is 28.9 Å². The third-order valence-corrected chi connectivity index (χ3v) is 10.3. The lowest BCUT2D eigenvalue weighted by Gasteiger charge is -2.40. The van der Waals surface area contributed by atoms with Crippen molar-refractivity contribution < 1.29 is 18.0 Å². The van der Waals surface area contributed by atoms with Gasteiger partial charge in [-0.1, -0.05) is 12.1 Å². The number of halogens is 1. The second-order valence-electron chi connectivity index (χ2n) is 9.49. The summed E-state index contributed by atoms with van der Waals surface area (Å²) in [6.45, 7) is 0.513. The fourth-order valence-corrected chi connectivity index (χ4v) is 8.84. The smallest absolute Gasteiger partial charge is 0.304 e. The topological polar surface area (TPSA) is 113 Å². The van der Waals surface area contributed by atoms with Crippen molar-refractivity contribution in [3.05, 3.63) is 28.7 Å². The summed E-state index contributed by atoms with van der Waals surface area (Å²) in [5, 5.41) is 3.12. The van der Waals surface area contributed by atoms with Crippen molar-refractivity contribution in [1.82, 2.24) is 9.62 Å².